The minimum absolute atomic E-state index is 0.0748. The Balaban J connectivity index is 2.22. The highest BCUT2D eigenvalue weighted by atomic mass is 35.5. The summed E-state index contributed by atoms with van der Waals surface area (Å²) >= 11 is 6.26. The van der Waals surface area contributed by atoms with E-state index in [1.807, 2.05) is 6.07 Å². The maximum absolute atomic E-state index is 11.7. The zero-order chi connectivity index (χ0) is 14.9. The van der Waals surface area contributed by atoms with Crippen LogP contribution in [0.5, 0.6) is 0 Å². The van der Waals surface area contributed by atoms with E-state index < -0.39 is 11.4 Å². The van der Waals surface area contributed by atoms with Crippen LogP contribution in [0.4, 0.5) is 0 Å². The monoisotopic (exact) mass is 294 g/mol. The lowest BCUT2D eigenvalue weighted by Gasteiger charge is -2.21. The molecule has 0 aliphatic heterocycles. The molecule has 108 valence electrons. The molecule has 0 bridgehead atoms. The molecule has 0 heterocycles. The molecule has 1 fully saturated rings. The van der Waals surface area contributed by atoms with Crippen LogP contribution in [0.2, 0.25) is 5.02 Å². The van der Waals surface area contributed by atoms with Crippen molar-refractivity contribution in [1.29, 1.82) is 0 Å². The molecular weight excluding hydrogens is 276 g/mol. The predicted octanol–water partition coefficient (Wildman–Crippen LogP) is 3.61. The molecule has 0 aromatic heterocycles. The van der Waals surface area contributed by atoms with Crippen LogP contribution >= 0.6 is 11.6 Å². The van der Waals surface area contributed by atoms with E-state index in [4.69, 9.17) is 11.6 Å². The van der Waals surface area contributed by atoms with E-state index in [2.05, 4.69) is 0 Å². The van der Waals surface area contributed by atoms with Gasteiger partial charge in [-0.3, -0.25) is 9.59 Å². The third-order valence-corrected chi connectivity index (χ3v) is 4.56. The molecule has 0 radical (unpaired) electrons. The molecule has 1 saturated carbocycles. The lowest BCUT2D eigenvalue weighted by atomic mass is 9.84. The summed E-state index contributed by atoms with van der Waals surface area (Å²) in [5.41, 5.74) is 0.638. The Morgan fingerprint density at radius 2 is 2.15 bits per heavy atom. The highest BCUT2D eigenvalue weighted by molar-refractivity contribution is 6.31. The van der Waals surface area contributed by atoms with Crippen LogP contribution in [0.25, 0.3) is 0 Å². The fourth-order valence-electron chi connectivity index (χ4n) is 2.59. The Bertz CT molecular complexity index is 549. The molecule has 1 aromatic carbocycles. The third-order valence-electron chi connectivity index (χ3n) is 4.21. The summed E-state index contributed by atoms with van der Waals surface area (Å²) in [6, 6.07) is 5.37. The van der Waals surface area contributed by atoms with E-state index in [9.17, 15) is 14.7 Å². The summed E-state index contributed by atoms with van der Waals surface area (Å²) in [4.78, 5) is 22.9. The van der Waals surface area contributed by atoms with Gasteiger partial charge < -0.3 is 5.11 Å². The molecule has 1 aromatic rings. The topological polar surface area (TPSA) is 54.4 Å². The SMILES string of the molecule is CC(C)(C(=O)O)c1ccc(CC2CCCC2=O)c(Cl)c1. The Morgan fingerprint density at radius 3 is 2.65 bits per heavy atom. The van der Waals surface area contributed by atoms with Gasteiger partial charge in [-0.15, -0.1) is 0 Å². The summed E-state index contributed by atoms with van der Waals surface area (Å²) in [5.74, 6) is -0.492. The Labute approximate surface area is 123 Å². The van der Waals surface area contributed by atoms with Gasteiger partial charge in [-0.05, 0) is 50.3 Å². The van der Waals surface area contributed by atoms with Gasteiger partial charge in [-0.1, -0.05) is 23.7 Å². The second-order valence-corrected chi connectivity index (χ2v) is 6.40. The number of benzene rings is 1. The van der Waals surface area contributed by atoms with Crippen molar-refractivity contribution in [1.82, 2.24) is 0 Å². The standard InChI is InChI=1S/C16H19ClO3/c1-16(2,15(19)20)12-7-6-10(13(17)9-12)8-11-4-3-5-14(11)18/h6-7,9,11H,3-5,8H2,1-2H3,(H,19,20). The normalized spacial score (nSPS) is 19.4. The molecular formula is C16H19ClO3. The molecule has 1 unspecified atom stereocenters. The predicted molar refractivity (Wildman–Crippen MR) is 78.2 cm³/mol. The van der Waals surface area contributed by atoms with Gasteiger partial charge in [-0.2, -0.15) is 0 Å². The summed E-state index contributed by atoms with van der Waals surface area (Å²) in [6.07, 6.45) is 3.22. The lowest BCUT2D eigenvalue weighted by molar-refractivity contribution is -0.142. The number of halogens is 1. The molecule has 4 heteroatoms. The van der Waals surface area contributed by atoms with Crippen molar-refractivity contribution in [3.8, 4) is 0 Å². The van der Waals surface area contributed by atoms with E-state index in [0.717, 1.165) is 18.4 Å². The second kappa shape index (κ2) is 5.57. The largest absolute Gasteiger partial charge is 0.481 e. The summed E-state index contributed by atoms with van der Waals surface area (Å²) in [5, 5.41) is 9.78. The van der Waals surface area contributed by atoms with Crippen molar-refractivity contribution in [3.05, 3.63) is 34.3 Å². The van der Waals surface area contributed by atoms with E-state index in [1.165, 1.54) is 0 Å². The lowest BCUT2D eigenvalue weighted by Crippen LogP contribution is -2.28. The Kier molecular flexibility index (Phi) is 4.19. The molecule has 1 aliphatic carbocycles. The first-order valence-corrected chi connectivity index (χ1v) is 7.25. The number of ketones is 1. The quantitative estimate of drug-likeness (QED) is 0.923. The van der Waals surface area contributed by atoms with Crippen LogP contribution in [-0.2, 0) is 21.4 Å². The molecule has 2 rings (SSSR count). The Hall–Kier alpha value is -1.35. The van der Waals surface area contributed by atoms with Crippen molar-refractivity contribution in [2.45, 2.75) is 44.9 Å². The average Bonchev–Trinajstić information content (AvgIpc) is 2.77. The van der Waals surface area contributed by atoms with Crippen LogP contribution in [0.1, 0.15) is 44.2 Å². The van der Waals surface area contributed by atoms with E-state index >= 15 is 0 Å². The minimum Gasteiger partial charge on any atom is -0.481 e. The first-order valence-electron chi connectivity index (χ1n) is 6.87. The highest BCUT2D eigenvalue weighted by Crippen LogP contribution is 2.31. The maximum Gasteiger partial charge on any atom is 0.313 e. The van der Waals surface area contributed by atoms with E-state index in [1.54, 1.807) is 26.0 Å². The van der Waals surface area contributed by atoms with Gasteiger partial charge in [0.25, 0.3) is 0 Å². The third kappa shape index (κ3) is 2.88. The first kappa shape index (κ1) is 15.0. The number of rotatable bonds is 4. The molecule has 1 atom stereocenters. The van der Waals surface area contributed by atoms with Crippen LogP contribution in [0, 0.1) is 5.92 Å². The van der Waals surface area contributed by atoms with E-state index in [0.29, 0.717) is 29.2 Å². The molecule has 20 heavy (non-hydrogen) atoms. The van der Waals surface area contributed by atoms with Gasteiger partial charge >= 0.3 is 5.97 Å². The molecule has 3 nitrogen and oxygen atoms in total. The van der Waals surface area contributed by atoms with Crippen LogP contribution < -0.4 is 0 Å². The zero-order valence-electron chi connectivity index (χ0n) is 11.8. The zero-order valence-corrected chi connectivity index (χ0v) is 12.5. The second-order valence-electron chi connectivity index (χ2n) is 6.00. The first-order chi connectivity index (χ1) is 9.32. The van der Waals surface area contributed by atoms with Crippen molar-refractivity contribution in [2.75, 3.05) is 0 Å². The summed E-state index contributed by atoms with van der Waals surface area (Å²) in [7, 11) is 0. The minimum atomic E-state index is -0.967. The van der Waals surface area contributed by atoms with E-state index in [-0.39, 0.29) is 5.92 Å². The van der Waals surface area contributed by atoms with Crippen molar-refractivity contribution < 1.29 is 14.7 Å². The van der Waals surface area contributed by atoms with Gasteiger partial charge in [0.1, 0.15) is 5.78 Å². The average molecular weight is 295 g/mol. The van der Waals surface area contributed by atoms with Crippen molar-refractivity contribution >= 4 is 23.4 Å². The molecule has 0 amide bonds. The van der Waals surface area contributed by atoms with Gasteiger partial charge in [0, 0.05) is 17.4 Å². The number of Topliss-reactive ketones (excluding diaryl/α,β-unsaturated/α-hetero) is 1. The van der Waals surface area contributed by atoms with Crippen LogP contribution in [-0.4, -0.2) is 16.9 Å². The highest BCUT2D eigenvalue weighted by Gasteiger charge is 2.30. The number of carbonyl (C=O) groups excluding carboxylic acids is 1. The van der Waals surface area contributed by atoms with Gasteiger partial charge in [-0.25, -0.2) is 0 Å². The van der Waals surface area contributed by atoms with Crippen molar-refractivity contribution in [3.63, 3.8) is 0 Å². The number of carboxylic acids is 1. The molecule has 0 saturated heterocycles. The summed E-state index contributed by atoms with van der Waals surface area (Å²) < 4.78 is 0. The fraction of sp³-hybridized carbons (Fsp3) is 0.500. The van der Waals surface area contributed by atoms with Crippen LogP contribution in [0.15, 0.2) is 18.2 Å². The van der Waals surface area contributed by atoms with Gasteiger partial charge in [0.2, 0.25) is 0 Å². The van der Waals surface area contributed by atoms with Crippen molar-refractivity contribution in [2.24, 2.45) is 5.92 Å². The molecule has 1 N–H and O–H groups in total. The number of carbonyl (C=O) groups is 2. The smallest absolute Gasteiger partial charge is 0.313 e. The van der Waals surface area contributed by atoms with Gasteiger partial charge in [0.15, 0.2) is 0 Å². The number of hydrogen-bond acceptors (Lipinski definition) is 2. The number of aliphatic carboxylic acids is 1. The van der Waals surface area contributed by atoms with Gasteiger partial charge in [0.05, 0.1) is 5.41 Å². The Morgan fingerprint density at radius 1 is 1.45 bits per heavy atom. The number of hydrogen-bond donors (Lipinski definition) is 1. The molecule has 0 spiro atoms. The number of carboxylic acid groups (broad SMARTS) is 1. The summed E-state index contributed by atoms with van der Waals surface area (Å²) in [6.45, 7) is 3.31. The molecule has 1 aliphatic rings. The maximum atomic E-state index is 11.7. The fourth-order valence-corrected chi connectivity index (χ4v) is 2.85. The van der Waals surface area contributed by atoms with Crippen LogP contribution in [0.3, 0.4) is 0 Å².